The van der Waals surface area contributed by atoms with Crippen molar-refractivity contribution in [3.05, 3.63) is 52.4 Å². The molecule has 19 heavy (non-hydrogen) atoms. The predicted molar refractivity (Wildman–Crippen MR) is 63.4 cm³/mol. The summed E-state index contributed by atoms with van der Waals surface area (Å²) in [5, 5.41) is 0. The SMILES string of the molecule is Fc1cc(Br)cc(Oc2cc(C(F)(F)F)ccn2)c1. The summed E-state index contributed by atoms with van der Waals surface area (Å²) in [6.45, 7) is 0. The van der Waals surface area contributed by atoms with E-state index < -0.39 is 17.6 Å². The van der Waals surface area contributed by atoms with E-state index in [4.69, 9.17) is 4.74 Å². The second-order valence-electron chi connectivity index (χ2n) is 3.59. The van der Waals surface area contributed by atoms with Crippen molar-refractivity contribution in [2.75, 3.05) is 0 Å². The van der Waals surface area contributed by atoms with E-state index in [-0.39, 0.29) is 11.6 Å². The molecule has 0 atom stereocenters. The summed E-state index contributed by atoms with van der Waals surface area (Å²) in [5.74, 6) is -0.776. The highest BCUT2D eigenvalue weighted by molar-refractivity contribution is 9.10. The average molecular weight is 336 g/mol. The summed E-state index contributed by atoms with van der Waals surface area (Å²) in [5.41, 5.74) is -0.882. The molecule has 7 heteroatoms. The topological polar surface area (TPSA) is 22.1 Å². The number of hydrogen-bond acceptors (Lipinski definition) is 2. The van der Waals surface area contributed by atoms with E-state index in [1.165, 1.54) is 12.1 Å². The van der Waals surface area contributed by atoms with Crippen molar-refractivity contribution in [2.24, 2.45) is 0 Å². The van der Waals surface area contributed by atoms with Crippen LogP contribution in [0, 0.1) is 5.82 Å². The van der Waals surface area contributed by atoms with Crippen LogP contribution in [0.4, 0.5) is 17.6 Å². The molecule has 0 amide bonds. The van der Waals surface area contributed by atoms with Crippen LogP contribution in [-0.2, 0) is 6.18 Å². The molecule has 0 unspecified atom stereocenters. The summed E-state index contributed by atoms with van der Waals surface area (Å²) in [6.07, 6.45) is -3.50. The monoisotopic (exact) mass is 335 g/mol. The first-order valence-electron chi connectivity index (χ1n) is 5.02. The molecule has 1 heterocycles. The van der Waals surface area contributed by atoms with Crippen molar-refractivity contribution < 1.29 is 22.3 Å². The van der Waals surface area contributed by atoms with Gasteiger partial charge in [0.05, 0.1) is 5.56 Å². The maximum atomic E-state index is 13.1. The van der Waals surface area contributed by atoms with Gasteiger partial charge in [0.25, 0.3) is 0 Å². The van der Waals surface area contributed by atoms with Crippen LogP contribution in [0.5, 0.6) is 11.6 Å². The first kappa shape index (κ1) is 13.8. The third-order valence-corrected chi connectivity index (χ3v) is 2.58. The minimum absolute atomic E-state index is 0.0544. The van der Waals surface area contributed by atoms with Gasteiger partial charge < -0.3 is 4.74 Å². The van der Waals surface area contributed by atoms with Gasteiger partial charge in [0.15, 0.2) is 0 Å². The van der Waals surface area contributed by atoms with Crippen molar-refractivity contribution >= 4 is 15.9 Å². The lowest BCUT2D eigenvalue weighted by atomic mass is 10.2. The molecule has 1 aromatic carbocycles. The molecule has 0 spiro atoms. The number of nitrogens with zero attached hydrogens (tertiary/aromatic N) is 1. The molecule has 0 bridgehead atoms. The van der Waals surface area contributed by atoms with Crippen LogP contribution in [-0.4, -0.2) is 4.98 Å². The number of hydrogen-bond donors (Lipinski definition) is 0. The molecule has 0 aliphatic carbocycles. The molecule has 0 radical (unpaired) electrons. The van der Waals surface area contributed by atoms with Gasteiger partial charge in [-0.05, 0) is 18.2 Å². The standard InChI is InChI=1S/C12H6BrF4NO/c13-8-4-9(14)6-10(5-8)19-11-3-7(1-2-18-11)12(15,16)17/h1-6H. The predicted octanol–water partition coefficient (Wildman–Crippen LogP) is 4.79. The molecular weight excluding hydrogens is 330 g/mol. The minimum atomic E-state index is -4.48. The van der Waals surface area contributed by atoms with Crippen LogP contribution >= 0.6 is 15.9 Å². The molecule has 2 aromatic rings. The third kappa shape index (κ3) is 3.66. The number of ether oxygens (including phenoxy) is 1. The molecular formula is C12H6BrF4NO. The fourth-order valence-corrected chi connectivity index (χ4v) is 1.79. The van der Waals surface area contributed by atoms with Crippen LogP contribution < -0.4 is 4.74 Å². The summed E-state index contributed by atoms with van der Waals surface area (Å²) in [4.78, 5) is 3.65. The number of aromatic nitrogens is 1. The Morgan fingerprint density at radius 2 is 1.84 bits per heavy atom. The van der Waals surface area contributed by atoms with Gasteiger partial charge in [-0.2, -0.15) is 13.2 Å². The maximum absolute atomic E-state index is 13.1. The Kier molecular flexibility index (Phi) is 3.75. The first-order chi connectivity index (χ1) is 8.84. The van der Waals surface area contributed by atoms with Gasteiger partial charge >= 0.3 is 6.18 Å². The minimum Gasteiger partial charge on any atom is -0.439 e. The van der Waals surface area contributed by atoms with Crippen molar-refractivity contribution in [2.45, 2.75) is 6.18 Å². The highest BCUT2D eigenvalue weighted by atomic mass is 79.9. The van der Waals surface area contributed by atoms with Gasteiger partial charge in [-0.25, -0.2) is 9.37 Å². The van der Waals surface area contributed by atoms with Crippen LogP contribution in [0.15, 0.2) is 41.0 Å². The van der Waals surface area contributed by atoms with Gasteiger partial charge in [0, 0.05) is 22.8 Å². The molecule has 0 fully saturated rings. The lowest BCUT2D eigenvalue weighted by molar-refractivity contribution is -0.137. The summed E-state index contributed by atoms with van der Waals surface area (Å²) in [7, 11) is 0. The van der Waals surface area contributed by atoms with Crippen molar-refractivity contribution in [1.29, 1.82) is 0 Å². The van der Waals surface area contributed by atoms with Gasteiger partial charge in [-0.1, -0.05) is 15.9 Å². The molecule has 0 N–H and O–H groups in total. The van der Waals surface area contributed by atoms with E-state index in [0.29, 0.717) is 4.47 Å². The molecule has 0 aliphatic heterocycles. The molecule has 0 saturated heterocycles. The number of benzene rings is 1. The van der Waals surface area contributed by atoms with Crippen molar-refractivity contribution in [3.63, 3.8) is 0 Å². The Labute approximate surface area is 114 Å². The lowest BCUT2D eigenvalue weighted by Crippen LogP contribution is -2.05. The van der Waals surface area contributed by atoms with Crippen LogP contribution in [0.3, 0.4) is 0 Å². The maximum Gasteiger partial charge on any atom is 0.416 e. The zero-order chi connectivity index (χ0) is 14.0. The van der Waals surface area contributed by atoms with E-state index in [1.54, 1.807) is 0 Å². The van der Waals surface area contributed by atoms with Gasteiger partial charge in [-0.3, -0.25) is 0 Å². The van der Waals surface area contributed by atoms with Gasteiger partial charge in [-0.15, -0.1) is 0 Å². The Morgan fingerprint density at radius 3 is 2.47 bits per heavy atom. The van der Waals surface area contributed by atoms with E-state index in [2.05, 4.69) is 20.9 Å². The molecule has 2 rings (SSSR count). The van der Waals surface area contributed by atoms with Gasteiger partial charge in [0.1, 0.15) is 11.6 Å². The highest BCUT2D eigenvalue weighted by Crippen LogP contribution is 2.32. The zero-order valence-corrected chi connectivity index (χ0v) is 10.8. The molecule has 1 aromatic heterocycles. The van der Waals surface area contributed by atoms with Gasteiger partial charge in [0.2, 0.25) is 5.88 Å². The second kappa shape index (κ2) is 5.16. The summed E-state index contributed by atoms with van der Waals surface area (Å²) in [6, 6.07) is 5.25. The Balaban J connectivity index is 2.28. The molecule has 0 aliphatic rings. The lowest BCUT2D eigenvalue weighted by Gasteiger charge is -2.09. The molecule has 0 saturated carbocycles. The second-order valence-corrected chi connectivity index (χ2v) is 4.50. The quantitative estimate of drug-likeness (QED) is 0.736. The average Bonchev–Trinajstić information content (AvgIpc) is 2.26. The number of pyridine rings is 1. The van der Waals surface area contributed by atoms with Crippen LogP contribution in [0.2, 0.25) is 0 Å². The largest absolute Gasteiger partial charge is 0.439 e. The van der Waals surface area contributed by atoms with Crippen LogP contribution in [0.1, 0.15) is 5.56 Å². The summed E-state index contributed by atoms with van der Waals surface area (Å²) >= 11 is 3.05. The zero-order valence-electron chi connectivity index (χ0n) is 9.21. The Bertz CT molecular complexity index is 580. The summed E-state index contributed by atoms with van der Waals surface area (Å²) < 4.78 is 56.0. The van der Waals surface area contributed by atoms with Crippen LogP contribution in [0.25, 0.3) is 0 Å². The first-order valence-corrected chi connectivity index (χ1v) is 5.81. The van der Waals surface area contributed by atoms with E-state index in [0.717, 1.165) is 24.4 Å². The van der Waals surface area contributed by atoms with E-state index in [1.807, 2.05) is 0 Å². The number of halogens is 5. The molecule has 2 nitrogen and oxygen atoms in total. The highest BCUT2D eigenvalue weighted by Gasteiger charge is 2.31. The normalized spacial score (nSPS) is 11.4. The molecule has 100 valence electrons. The third-order valence-electron chi connectivity index (χ3n) is 2.12. The number of rotatable bonds is 2. The van der Waals surface area contributed by atoms with Crippen molar-refractivity contribution in [1.82, 2.24) is 4.98 Å². The fourth-order valence-electron chi connectivity index (χ4n) is 1.35. The Morgan fingerprint density at radius 1 is 1.11 bits per heavy atom. The van der Waals surface area contributed by atoms with E-state index in [9.17, 15) is 17.6 Å². The fraction of sp³-hybridized carbons (Fsp3) is 0.0833. The van der Waals surface area contributed by atoms with E-state index >= 15 is 0 Å². The smallest absolute Gasteiger partial charge is 0.416 e. The van der Waals surface area contributed by atoms with Crippen molar-refractivity contribution in [3.8, 4) is 11.6 Å². The number of alkyl halides is 3. The Hall–Kier alpha value is -1.63.